The number of aryl methyl sites for hydroxylation is 1. The van der Waals surface area contributed by atoms with Crippen LogP contribution in [0.15, 0.2) is 12.1 Å². The molecule has 2 nitrogen and oxygen atoms in total. The largest absolute Gasteiger partial charge is 0.392 e. The van der Waals surface area contributed by atoms with Crippen molar-refractivity contribution in [2.24, 2.45) is 0 Å². The fourth-order valence-corrected chi connectivity index (χ4v) is 1.62. The van der Waals surface area contributed by atoms with E-state index in [-0.39, 0.29) is 6.61 Å². The normalized spacial score (nSPS) is 9.50. The van der Waals surface area contributed by atoms with Gasteiger partial charge >= 0.3 is 0 Å². The number of nitriles is 1. The lowest BCUT2D eigenvalue weighted by Crippen LogP contribution is -1.94. The van der Waals surface area contributed by atoms with E-state index in [1.165, 1.54) is 0 Å². The van der Waals surface area contributed by atoms with E-state index in [0.29, 0.717) is 11.1 Å². The van der Waals surface area contributed by atoms with Crippen LogP contribution in [-0.2, 0) is 6.61 Å². The maximum Gasteiger partial charge on any atom is 0.101 e. The van der Waals surface area contributed by atoms with Crippen LogP contribution in [-0.4, -0.2) is 5.11 Å². The third-order valence-electron chi connectivity index (χ3n) is 1.70. The van der Waals surface area contributed by atoms with Gasteiger partial charge in [-0.25, -0.2) is 0 Å². The molecule has 0 fully saturated rings. The summed E-state index contributed by atoms with van der Waals surface area (Å²) in [5.74, 6) is 0. The zero-order chi connectivity index (χ0) is 9.14. The van der Waals surface area contributed by atoms with Gasteiger partial charge in [-0.15, -0.1) is 0 Å². The minimum absolute atomic E-state index is 0.0703. The molecule has 3 heteroatoms. The smallest absolute Gasteiger partial charge is 0.101 e. The number of aliphatic hydroxyl groups excluding tert-OH is 1. The first kappa shape index (κ1) is 9.49. The number of hydrogen-bond acceptors (Lipinski definition) is 2. The molecule has 0 saturated heterocycles. The van der Waals surface area contributed by atoms with Crippen molar-refractivity contribution >= 4 is 22.6 Å². The molecule has 0 aliphatic carbocycles. The molecule has 0 unspecified atom stereocenters. The summed E-state index contributed by atoms with van der Waals surface area (Å²) in [6.07, 6.45) is 0. The van der Waals surface area contributed by atoms with Crippen molar-refractivity contribution in [1.82, 2.24) is 0 Å². The molecule has 0 aliphatic rings. The van der Waals surface area contributed by atoms with Gasteiger partial charge in [0.2, 0.25) is 0 Å². The van der Waals surface area contributed by atoms with Crippen molar-refractivity contribution in [1.29, 1.82) is 5.26 Å². The van der Waals surface area contributed by atoms with Crippen LogP contribution in [0.5, 0.6) is 0 Å². The second-order valence-corrected chi connectivity index (χ2v) is 3.58. The summed E-state index contributed by atoms with van der Waals surface area (Å²) in [5, 5.41) is 17.7. The van der Waals surface area contributed by atoms with E-state index in [1.54, 1.807) is 6.07 Å². The lowest BCUT2D eigenvalue weighted by Gasteiger charge is -2.04. The van der Waals surface area contributed by atoms with Gasteiger partial charge in [0.25, 0.3) is 0 Å². The van der Waals surface area contributed by atoms with E-state index in [4.69, 9.17) is 10.4 Å². The number of rotatable bonds is 1. The predicted octanol–water partition coefficient (Wildman–Crippen LogP) is 1.96. The molecule has 0 bridgehead atoms. The van der Waals surface area contributed by atoms with Crippen LogP contribution in [0.25, 0.3) is 0 Å². The van der Waals surface area contributed by atoms with Crippen molar-refractivity contribution in [3.8, 4) is 6.07 Å². The number of halogens is 1. The van der Waals surface area contributed by atoms with Gasteiger partial charge in [0.05, 0.1) is 12.2 Å². The van der Waals surface area contributed by atoms with Crippen molar-refractivity contribution in [3.05, 3.63) is 32.4 Å². The van der Waals surface area contributed by atoms with E-state index in [2.05, 4.69) is 28.7 Å². The van der Waals surface area contributed by atoms with Crippen LogP contribution in [0.1, 0.15) is 16.7 Å². The van der Waals surface area contributed by atoms with Gasteiger partial charge in [-0.1, -0.05) is 12.1 Å². The highest BCUT2D eigenvalue weighted by Gasteiger charge is 2.06. The highest BCUT2D eigenvalue weighted by atomic mass is 127. The average Bonchev–Trinajstić information content (AvgIpc) is 2.09. The Hall–Kier alpha value is -0.600. The second kappa shape index (κ2) is 3.87. The third kappa shape index (κ3) is 1.59. The van der Waals surface area contributed by atoms with E-state index in [0.717, 1.165) is 9.13 Å². The Morgan fingerprint density at radius 1 is 1.58 bits per heavy atom. The van der Waals surface area contributed by atoms with Gasteiger partial charge in [-0.05, 0) is 40.6 Å². The summed E-state index contributed by atoms with van der Waals surface area (Å²) >= 11 is 2.12. The Bertz CT molecular complexity index is 341. The van der Waals surface area contributed by atoms with Crippen molar-refractivity contribution in [3.63, 3.8) is 0 Å². The van der Waals surface area contributed by atoms with Gasteiger partial charge < -0.3 is 5.11 Å². The standard InChI is InChI=1S/C9H8INO/c1-6-2-3-7(5-12)8(4-11)9(6)10/h2-3,12H,5H2,1H3. The highest BCUT2D eigenvalue weighted by Crippen LogP contribution is 2.19. The van der Waals surface area contributed by atoms with Crippen LogP contribution in [0.4, 0.5) is 0 Å². The van der Waals surface area contributed by atoms with E-state index in [9.17, 15) is 0 Å². The van der Waals surface area contributed by atoms with Crippen LogP contribution in [0.2, 0.25) is 0 Å². The minimum Gasteiger partial charge on any atom is -0.392 e. The molecule has 0 spiro atoms. The Morgan fingerprint density at radius 3 is 2.75 bits per heavy atom. The van der Waals surface area contributed by atoms with Crippen molar-refractivity contribution in [2.45, 2.75) is 13.5 Å². The summed E-state index contributed by atoms with van der Waals surface area (Å²) < 4.78 is 0.932. The second-order valence-electron chi connectivity index (χ2n) is 2.50. The summed E-state index contributed by atoms with van der Waals surface area (Å²) in [5.41, 5.74) is 2.37. The number of aliphatic hydroxyl groups is 1. The molecular formula is C9H8INO. The predicted molar refractivity (Wildman–Crippen MR) is 54.5 cm³/mol. The maximum absolute atomic E-state index is 8.91. The molecule has 1 rings (SSSR count). The molecule has 0 saturated carbocycles. The van der Waals surface area contributed by atoms with Crippen molar-refractivity contribution in [2.75, 3.05) is 0 Å². The minimum atomic E-state index is -0.0703. The topological polar surface area (TPSA) is 44.0 Å². The van der Waals surface area contributed by atoms with E-state index in [1.807, 2.05) is 13.0 Å². The fourth-order valence-electron chi connectivity index (χ4n) is 0.973. The van der Waals surface area contributed by atoms with Crippen LogP contribution >= 0.6 is 22.6 Å². The van der Waals surface area contributed by atoms with Gasteiger partial charge in [0.15, 0.2) is 0 Å². The molecule has 12 heavy (non-hydrogen) atoms. The van der Waals surface area contributed by atoms with Gasteiger partial charge in [-0.2, -0.15) is 5.26 Å². The van der Waals surface area contributed by atoms with Gasteiger partial charge in [-0.3, -0.25) is 0 Å². The average molecular weight is 273 g/mol. The monoisotopic (exact) mass is 273 g/mol. The zero-order valence-corrected chi connectivity index (χ0v) is 8.79. The summed E-state index contributed by atoms with van der Waals surface area (Å²) in [4.78, 5) is 0. The van der Waals surface area contributed by atoms with Gasteiger partial charge in [0.1, 0.15) is 6.07 Å². The molecule has 0 amide bonds. The number of hydrogen-bond donors (Lipinski definition) is 1. The van der Waals surface area contributed by atoms with E-state index >= 15 is 0 Å². The summed E-state index contributed by atoms with van der Waals surface area (Å²) in [6, 6.07) is 5.79. The Kier molecular flexibility index (Phi) is 3.06. The first-order valence-electron chi connectivity index (χ1n) is 3.49. The number of nitrogens with zero attached hydrogens (tertiary/aromatic N) is 1. The summed E-state index contributed by atoms with van der Waals surface area (Å²) in [6.45, 7) is 1.88. The first-order chi connectivity index (χ1) is 5.70. The number of benzene rings is 1. The molecule has 1 N–H and O–H groups in total. The molecule has 0 aromatic heterocycles. The zero-order valence-electron chi connectivity index (χ0n) is 6.63. The van der Waals surface area contributed by atoms with Crippen LogP contribution in [0, 0.1) is 21.8 Å². The summed E-state index contributed by atoms with van der Waals surface area (Å²) in [7, 11) is 0. The Labute approximate surface area is 85.0 Å². The maximum atomic E-state index is 8.91. The quantitative estimate of drug-likeness (QED) is 0.795. The Balaban J connectivity index is 3.38. The molecule has 0 heterocycles. The molecule has 1 aromatic rings. The van der Waals surface area contributed by atoms with E-state index < -0.39 is 0 Å². The fraction of sp³-hybridized carbons (Fsp3) is 0.222. The van der Waals surface area contributed by atoms with Gasteiger partial charge in [0, 0.05) is 3.57 Å². The van der Waals surface area contributed by atoms with Crippen molar-refractivity contribution < 1.29 is 5.11 Å². The lowest BCUT2D eigenvalue weighted by atomic mass is 10.1. The molecule has 0 atom stereocenters. The van der Waals surface area contributed by atoms with Crippen LogP contribution < -0.4 is 0 Å². The molecule has 62 valence electrons. The SMILES string of the molecule is Cc1ccc(CO)c(C#N)c1I. The Morgan fingerprint density at radius 2 is 2.25 bits per heavy atom. The third-order valence-corrected chi connectivity index (χ3v) is 3.09. The molecule has 0 radical (unpaired) electrons. The molecule has 1 aromatic carbocycles. The molecule has 0 aliphatic heterocycles. The van der Waals surface area contributed by atoms with Crippen LogP contribution in [0.3, 0.4) is 0 Å². The first-order valence-corrected chi connectivity index (χ1v) is 4.57. The lowest BCUT2D eigenvalue weighted by molar-refractivity contribution is 0.281. The highest BCUT2D eigenvalue weighted by molar-refractivity contribution is 14.1. The molecular weight excluding hydrogens is 265 g/mol.